The van der Waals surface area contributed by atoms with Gasteiger partial charge in [0.05, 0.1) is 32.8 Å². The van der Waals surface area contributed by atoms with E-state index in [1.54, 1.807) is 39.5 Å². The Morgan fingerprint density at radius 1 is 0.882 bits per heavy atom. The zero-order valence-electron chi connectivity index (χ0n) is 19.1. The van der Waals surface area contributed by atoms with Gasteiger partial charge in [-0.3, -0.25) is 4.79 Å². The molecule has 34 heavy (non-hydrogen) atoms. The maximum atomic E-state index is 12.7. The van der Waals surface area contributed by atoms with E-state index < -0.39 is 0 Å². The zero-order chi connectivity index (χ0) is 23.9. The number of hydrogen-bond acceptors (Lipinski definition) is 6. The van der Waals surface area contributed by atoms with Gasteiger partial charge < -0.3 is 24.5 Å². The summed E-state index contributed by atoms with van der Waals surface area (Å²) in [4.78, 5) is 20.9. The fourth-order valence-corrected chi connectivity index (χ4v) is 4.20. The number of carbonyl (C=O) groups excluding carboxylic acids is 1. The summed E-state index contributed by atoms with van der Waals surface area (Å²) in [6, 6.07) is 22.9. The topological polar surface area (TPSA) is 85.5 Å². The summed E-state index contributed by atoms with van der Waals surface area (Å²) < 4.78 is 15.8. The third kappa shape index (κ3) is 5.35. The van der Waals surface area contributed by atoms with E-state index in [-0.39, 0.29) is 11.7 Å². The Kier molecular flexibility index (Phi) is 7.39. The van der Waals surface area contributed by atoms with Gasteiger partial charge in [-0.2, -0.15) is 0 Å². The second-order valence-corrected chi connectivity index (χ2v) is 8.23. The van der Waals surface area contributed by atoms with Gasteiger partial charge in [-0.15, -0.1) is 0 Å². The number of carbonyl (C=O) groups is 1. The molecule has 1 heterocycles. The first-order valence-corrected chi connectivity index (χ1v) is 11.5. The Morgan fingerprint density at radius 2 is 1.62 bits per heavy atom. The molecule has 0 spiro atoms. The van der Waals surface area contributed by atoms with Crippen molar-refractivity contribution in [2.75, 3.05) is 32.4 Å². The SMILES string of the molecule is COc1ccc(-c2nc(SCC(=O)Nc3ccc(OC)c(OC)c3)c(-c3ccccc3)[nH]2)cc1. The quantitative estimate of drug-likeness (QED) is 0.311. The molecule has 0 saturated heterocycles. The number of amides is 1. The van der Waals surface area contributed by atoms with Crippen LogP contribution in [0.15, 0.2) is 77.8 Å². The second-order valence-electron chi connectivity index (χ2n) is 7.27. The van der Waals surface area contributed by atoms with E-state index in [1.165, 1.54) is 11.8 Å². The molecule has 3 aromatic carbocycles. The monoisotopic (exact) mass is 475 g/mol. The molecule has 0 saturated carbocycles. The molecule has 7 nitrogen and oxygen atoms in total. The third-order valence-electron chi connectivity index (χ3n) is 5.10. The molecule has 2 N–H and O–H groups in total. The summed E-state index contributed by atoms with van der Waals surface area (Å²) in [7, 11) is 4.76. The van der Waals surface area contributed by atoms with Crippen LogP contribution in [0.4, 0.5) is 5.69 Å². The number of aromatic nitrogens is 2. The Hall–Kier alpha value is -3.91. The van der Waals surface area contributed by atoms with Gasteiger partial charge in [0.15, 0.2) is 11.5 Å². The highest BCUT2D eigenvalue weighted by Gasteiger charge is 2.16. The zero-order valence-corrected chi connectivity index (χ0v) is 19.9. The Balaban J connectivity index is 1.53. The number of nitrogens with one attached hydrogen (secondary N) is 2. The lowest BCUT2D eigenvalue weighted by Crippen LogP contribution is -2.14. The number of nitrogens with zero attached hydrogens (tertiary/aromatic N) is 1. The molecule has 4 rings (SSSR count). The number of hydrogen-bond donors (Lipinski definition) is 2. The summed E-state index contributed by atoms with van der Waals surface area (Å²) in [6.45, 7) is 0. The van der Waals surface area contributed by atoms with Crippen LogP contribution < -0.4 is 19.5 Å². The van der Waals surface area contributed by atoms with E-state index in [9.17, 15) is 4.79 Å². The van der Waals surface area contributed by atoms with Crippen LogP contribution in [0, 0.1) is 0 Å². The molecule has 0 aliphatic heterocycles. The summed E-state index contributed by atoms with van der Waals surface area (Å²) in [6.07, 6.45) is 0. The molecule has 174 valence electrons. The summed E-state index contributed by atoms with van der Waals surface area (Å²) in [5, 5.41) is 3.65. The van der Waals surface area contributed by atoms with E-state index in [0.717, 1.165) is 33.4 Å². The van der Waals surface area contributed by atoms with Gasteiger partial charge >= 0.3 is 0 Å². The van der Waals surface area contributed by atoms with Crippen molar-refractivity contribution < 1.29 is 19.0 Å². The molecule has 0 atom stereocenters. The number of thioether (sulfide) groups is 1. The molecule has 4 aromatic rings. The Bertz CT molecular complexity index is 1260. The average molecular weight is 476 g/mol. The summed E-state index contributed by atoms with van der Waals surface area (Å²) in [5.74, 6) is 2.71. The predicted octanol–water partition coefficient (Wildman–Crippen LogP) is 5.50. The lowest BCUT2D eigenvalue weighted by molar-refractivity contribution is -0.113. The lowest BCUT2D eigenvalue weighted by Gasteiger charge is -2.10. The predicted molar refractivity (Wildman–Crippen MR) is 135 cm³/mol. The number of imidazole rings is 1. The van der Waals surface area contributed by atoms with Crippen molar-refractivity contribution >= 4 is 23.4 Å². The molecule has 1 aromatic heterocycles. The first kappa shape index (κ1) is 23.3. The van der Waals surface area contributed by atoms with Gasteiger partial charge in [0, 0.05) is 22.9 Å². The normalized spacial score (nSPS) is 10.6. The summed E-state index contributed by atoms with van der Waals surface area (Å²) in [5.41, 5.74) is 3.43. The number of ether oxygens (including phenoxy) is 3. The highest BCUT2D eigenvalue weighted by molar-refractivity contribution is 8.00. The van der Waals surface area contributed by atoms with Gasteiger partial charge in [0.25, 0.3) is 0 Å². The smallest absolute Gasteiger partial charge is 0.234 e. The maximum Gasteiger partial charge on any atom is 0.234 e. The van der Waals surface area contributed by atoms with Crippen LogP contribution in [-0.2, 0) is 4.79 Å². The van der Waals surface area contributed by atoms with Gasteiger partial charge in [-0.05, 0) is 36.4 Å². The fraction of sp³-hybridized carbons (Fsp3) is 0.154. The van der Waals surface area contributed by atoms with Crippen LogP contribution in [0.5, 0.6) is 17.2 Å². The van der Waals surface area contributed by atoms with Crippen LogP contribution in [0.2, 0.25) is 0 Å². The van der Waals surface area contributed by atoms with Crippen molar-refractivity contribution in [2.45, 2.75) is 5.03 Å². The maximum absolute atomic E-state index is 12.7. The van der Waals surface area contributed by atoms with Crippen LogP contribution in [-0.4, -0.2) is 43.0 Å². The van der Waals surface area contributed by atoms with E-state index in [1.807, 2.05) is 54.6 Å². The second kappa shape index (κ2) is 10.8. The number of rotatable bonds is 9. The number of methoxy groups -OCH3 is 3. The molecule has 0 unspecified atom stereocenters. The van der Waals surface area contributed by atoms with Crippen molar-refractivity contribution in [2.24, 2.45) is 0 Å². The van der Waals surface area contributed by atoms with E-state index in [0.29, 0.717) is 17.2 Å². The lowest BCUT2D eigenvalue weighted by atomic mass is 10.2. The van der Waals surface area contributed by atoms with E-state index in [4.69, 9.17) is 19.2 Å². The number of anilines is 1. The van der Waals surface area contributed by atoms with Crippen molar-refractivity contribution in [3.8, 4) is 39.9 Å². The molecule has 0 aliphatic carbocycles. The largest absolute Gasteiger partial charge is 0.497 e. The van der Waals surface area contributed by atoms with Crippen LogP contribution in [0.3, 0.4) is 0 Å². The number of aromatic amines is 1. The number of H-pyrrole nitrogens is 1. The summed E-state index contributed by atoms with van der Waals surface area (Å²) >= 11 is 1.37. The van der Waals surface area contributed by atoms with Crippen LogP contribution in [0.25, 0.3) is 22.6 Å². The molecule has 0 fully saturated rings. The fourth-order valence-electron chi connectivity index (χ4n) is 3.39. The van der Waals surface area contributed by atoms with Gasteiger partial charge in [-0.25, -0.2) is 4.98 Å². The van der Waals surface area contributed by atoms with Crippen molar-refractivity contribution in [3.05, 3.63) is 72.8 Å². The Morgan fingerprint density at radius 3 is 2.29 bits per heavy atom. The first-order valence-electron chi connectivity index (χ1n) is 10.6. The standard InChI is InChI=1S/C26H25N3O4S/c1-31-20-12-9-18(10-13-20)25-28-24(17-7-5-4-6-8-17)26(29-25)34-16-23(30)27-19-11-14-21(32-2)22(15-19)33-3/h4-15H,16H2,1-3H3,(H,27,30)(H,28,29). The van der Waals surface area contributed by atoms with Crippen molar-refractivity contribution in [3.63, 3.8) is 0 Å². The Labute approximate surface area is 202 Å². The van der Waals surface area contributed by atoms with Crippen LogP contribution in [0.1, 0.15) is 0 Å². The molecular weight excluding hydrogens is 450 g/mol. The van der Waals surface area contributed by atoms with E-state index >= 15 is 0 Å². The highest BCUT2D eigenvalue weighted by atomic mass is 32.2. The molecule has 1 amide bonds. The minimum Gasteiger partial charge on any atom is -0.497 e. The minimum atomic E-state index is -0.148. The van der Waals surface area contributed by atoms with Crippen LogP contribution >= 0.6 is 11.8 Å². The molecule has 0 radical (unpaired) electrons. The third-order valence-corrected chi connectivity index (χ3v) is 6.08. The first-order chi connectivity index (χ1) is 16.6. The van der Waals surface area contributed by atoms with Crippen molar-refractivity contribution in [1.82, 2.24) is 9.97 Å². The van der Waals surface area contributed by atoms with Crippen molar-refractivity contribution in [1.29, 1.82) is 0 Å². The average Bonchev–Trinajstić information content (AvgIpc) is 3.32. The molecular formula is C26H25N3O4S. The minimum absolute atomic E-state index is 0.148. The molecule has 0 aliphatic rings. The van der Waals surface area contributed by atoms with Gasteiger partial charge in [-0.1, -0.05) is 42.1 Å². The van der Waals surface area contributed by atoms with Gasteiger partial charge in [0.2, 0.25) is 5.91 Å². The van der Waals surface area contributed by atoms with Gasteiger partial charge in [0.1, 0.15) is 16.6 Å². The highest BCUT2D eigenvalue weighted by Crippen LogP contribution is 2.33. The molecule has 0 bridgehead atoms. The molecule has 8 heteroatoms. The number of benzene rings is 3. The van der Waals surface area contributed by atoms with E-state index in [2.05, 4.69) is 10.3 Å².